The molecule has 0 bridgehead atoms. The summed E-state index contributed by atoms with van der Waals surface area (Å²) in [6.07, 6.45) is 1.03. The lowest BCUT2D eigenvalue weighted by Crippen LogP contribution is -2.71. The second kappa shape index (κ2) is 6.58. The number of ether oxygens (including phenoxy) is 2. The predicted octanol–water partition coefficient (Wildman–Crippen LogP) is 1.24. The minimum atomic E-state index is -1.38. The first-order valence-electron chi connectivity index (χ1n) is 8.32. The summed E-state index contributed by atoms with van der Waals surface area (Å²) in [6.45, 7) is 6.54. The van der Waals surface area contributed by atoms with Gasteiger partial charge in [0.05, 0.1) is 6.61 Å². The van der Waals surface area contributed by atoms with E-state index < -0.39 is 41.0 Å². The lowest BCUT2D eigenvalue weighted by molar-refractivity contribution is -0.270. The van der Waals surface area contributed by atoms with E-state index in [0.29, 0.717) is 12.8 Å². The van der Waals surface area contributed by atoms with Gasteiger partial charge >= 0.3 is 5.97 Å². The maximum absolute atomic E-state index is 12.8. The molecule has 0 aliphatic heterocycles. The van der Waals surface area contributed by atoms with Gasteiger partial charge in [-0.1, -0.05) is 19.4 Å². The van der Waals surface area contributed by atoms with E-state index in [1.807, 2.05) is 20.8 Å². The smallest absolute Gasteiger partial charge is 0.303 e. The largest absolute Gasteiger partial charge is 0.459 e. The highest BCUT2D eigenvalue weighted by molar-refractivity contribution is 5.88. The quantitative estimate of drug-likeness (QED) is 0.593. The number of methoxy groups -OCH3 is 1. The van der Waals surface area contributed by atoms with Gasteiger partial charge < -0.3 is 19.7 Å². The molecule has 5 atom stereocenters. The van der Waals surface area contributed by atoms with Crippen molar-refractivity contribution in [3.8, 4) is 0 Å². The van der Waals surface area contributed by atoms with Crippen molar-refractivity contribution in [3.05, 3.63) is 11.6 Å². The SMILES string of the molecule is CO[C@@H]1/C=C(\C)C[C@H](OC(C)=O)[C@]2(O)[C@H](CC2(C)C)[C@@H](CO)C1=O. The molecule has 2 aliphatic carbocycles. The molecule has 0 spiro atoms. The molecule has 2 aliphatic rings. The van der Waals surface area contributed by atoms with Crippen molar-refractivity contribution in [2.75, 3.05) is 13.7 Å². The van der Waals surface area contributed by atoms with Crippen LogP contribution < -0.4 is 0 Å². The molecule has 0 radical (unpaired) electrons. The first-order chi connectivity index (χ1) is 11.1. The molecule has 2 N–H and O–H groups in total. The summed E-state index contributed by atoms with van der Waals surface area (Å²) in [5.41, 5.74) is -1.10. The number of carbonyl (C=O) groups excluding carboxylic acids is 2. The Hall–Kier alpha value is -1.24. The van der Waals surface area contributed by atoms with Gasteiger partial charge in [0.25, 0.3) is 0 Å². The molecule has 0 amide bonds. The number of rotatable bonds is 3. The van der Waals surface area contributed by atoms with Gasteiger partial charge in [0.15, 0.2) is 5.78 Å². The maximum Gasteiger partial charge on any atom is 0.303 e. The monoisotopic (exact) mass is 340 g/mol. The van der Waals surface area contributed by atoms with Crippen molar-refractivity contribution in [1.29, 1.82) is 0 Å². The van der Waals surface area contributed by atoms with Gasteiger partial charge in [0, 0.05) is 32.3 Å². The molecule has 0 heterocycles. The average molecular weight is 340 g/mol. The molecule has 6 heteroatoms. The fourth-order valence-corrected chi connectivity index (χ4v) is 4.36. The van der Waals surface area contributed by atoms with Crippen LogP contribution in [0.4, 0.5) is 0 Å². The third kappa shape index (κ3) is 2.91. The Morgan fingerprint density at radius 2 is 2.04 bits per heavy atom. The topological polar surface area (TPSA) is 93.1 Å². The molecule has 24 heavy (non-hydrogen) atoms. The summed E-state index contributed by atoms with van der Waals surface area (Å²) >= 11 is 0. The van der Waals surface area contributed by atoms with E-state index in [-0.39, 0.29) is 12.4 Å². The molecular weight excluding hydrogens is 312 g/mol. The zero-order chi connectivity index (χ0) is 18.3. The summed E-state index contributed by atoms with van der Waals surface area (Å²) in [5, 5.41) is 21.3. The molecule has 0 aromatic carbocycles. The van der Waals surface area contributed by atoms with Gasteiger partial charge in [-0.05, 0) is 24.8 Å². The molecule has 0 aromatic rings. The average Bonchev–Trinajstić information content (AvgIpc) is 2.51. The zero-order valence-electron chi connectivity index (χ0n) is 15.0. The van der Waals surface area contributed by atoms with Crippen molar-refractivity contribution in [2.45, 2.75) is 58.3 Å². The second-order valence-corrected chi connectivity index (χ2v) is 7.68. The van der Waals surface area contributed by atoms with Gasteiger partial charge in [0.2, 0.25) is 0 Å². The zero-order valence-corrected chi connectivity index (χ0v) is 15.0. The minimum absolute atomic E-state index is 0.248. The summed E-state index contributed by atoms with van der Waals surface area (Å²) in [7, 11) is 1.44. The van der Waals surface area contributed by atoms with Crippen LogP contribution in [0.2, 0.25) is 0 Å². The van der Waals surface area contributed by atoms with E-state index in [4.69, 9.17) is 9.47 Å². The normalized spacial score (nSPS) is 41.0. The molecular formula is C18H28O6. The van der Waals surface area contributed by atoms with Crippen molar-refractivity contribution in [1.82, 2.24) is 0 Å². The van der Waals surface area contributed by atoms with E-state index in [1.165, 1.54) is 14.0 Å². The Kier molecular flexibility index (Phi) is 5.23. The van der Waals surface area contributed by atoms with Gasteiger partial charge in [-0.2, -0.15) is 0 Å². The van der Waals surface area contributed by atoms with Gasteiger partial charge in [0.1, 0.15) is 17.8 Å². The minimum Gasteiger partial charge on any atom is -0.459 e. The number of esters is 1. The molecule has 0 aromatic heterocycles. The lowest BCUT2D eigenvalue weighted by Gasteiger charge is -2.62. The van der Waals surface area contributed by atoms with E-state index in [1.54, 1.807) is 6.08 Å². The van der Waals surface area contributed by atoms with Crippen LogP contribution >= 0.6 is 0 Å². The van der Waals surface area contributed by atoms with Crippen molar-refractivity contribution >= 4 is 11.8 Å². The molecule has 1 saturated carbocycles. The van der Waals surface area contributed by atoms with Crippen LogP contribution in [0.3, 0.4) is 0 Å². The first kappa shape index (κ1) is 19.1. The Morgan fingerprint density at radius 1 is 1.42 bits per heavy atom. The number of hydrogen-bond acceptors (Lipinski definition) is 6. The van der Waals surface area contributed by atoms with E-state index >= 15 is 0 Å². The molecule has 1 fully saturated rings. The van der Waals surface area contributed by atoms with Crippen LogP contribution in [0.15, 0.2) is 11.6 Å². The van der Waals surface area contributed by atoms with Gasteiger partial charge in [-0.3, -0.25) is 9.59 Å². The maximum atomic E-state index is 12.8. The standard InChI is InChI=1S/C18H28O6/c1-10-6-14(23-5)16(21)12(9-19)13-8-17(3,4)18(13,22)15(7-10)24-11(2)20/h6,12-15,19,22H,7-9H2,1-5H3/b10-6+/t12-,13-,14-,15+,18-/m1/s1. The second-order valence-electron chi connectivity index (χ2n) is 7.68. The van der Waals surface area contributed by atoms with Crippen LogP contribution in [-0.2, 0) is 19.1 Å². The third-order valence-electron chi connectivity index (χ3n) is 5.70. The Labute approximate surface area is 142 Å². The lowest BCUT2D eigenvalue weighted by atomic mass is 9.46. The van der Waals surface area contributed by atoms with Crippen LogP contribution in [0.1, 0.15) is 40.5 Å². The van der Waals surface area contributed by atoms with Crippen LogP contribution in [0.25, 0.3) is 0 Å². The number of carbonyl (C=O) groups is 2. The number of aliphatic hydroxyl groups excluding tert-OH is 1. The number of Topliss-reactive ketones (excluding diaryl/α,β-unsaturated/α-hetero) is 1. The number of fused-ring (bicyclic) bond motifs is 1. The van der Waals surface area contributed by atoms with E-state index in [9.17, 15) is 19.8 Å². The van der Waals surface area contributed by atoms with Crippen LogP contribution in [0.5, 0.6) is 0 Å². The van der Waals surface area contributed by atoms with Crippen molar-refractivity contribution in [3.63, 3.8) is 0 Å². The highest BCUT2D eigenvalue weighted by atomic mass is 16.6. The number of hydrogen-bond donors (Lipinski definition) is 2. The summed E-state index contributed by atoms with van der Waals surface area (Å²) < 4.78 is 10.7. The van der Waals surface area contributed by atoms with Crippen LogP contribution in [0, 0.1) is 17.3 Å². The van der Waals surface area contributed by atoms with Crippen LogP contribution in [-0.4, -0.2) is 53.5 Å². The predicted molar refractivity (Wildman–Crippen MR) is 87.1 cm³/mol. The van der Waals surface area contributed by atoms with Crippen molar-refractivity contribution < 1.29 is 29.3 Å². The highest BCUT2D eigenvalue weighted by Crippen LogP contribution is 2.60. The molecule has 2 rings (SSSR count). The summed E-state index contributed by atoms with van der Waals surface area (Å²) in [5.74, 6) is -1.96. The number of ketones is 1. The Morgan fingerprint density at radius 3 is 2.50 bits per heavy atom. The summed E-state index contributed by atoms with van der Waals surface area (Å²) in [4.78, 5) is 24.4. The summed E-state index contributed by atoms with van der Waals surface area (Å²) in [6, 6.07) is 0. The number of aliphatic hydroxyl groups is 2. The molecule has 0 saturated heterocycles. The van der Waals surface area contributed by atoms with E-state index in [0.717, 1.165) is 5.57 Å². The molecule has 6 nitrogen and oxygen atoms in total. The molecule has 0 unspecified atom stereocenters. The fraction of sp³-hybridized carbons (Fsp3) is 0.778. The van der Waals surface area contributed by atoms with Crippen molar-refractivity contribution in [2.24, 2.45) is 17.3 Å². The highest BCUT2D eigenvalue weighted by Gasteiger charge is 2.67. The van der Waals surface area contributed by atoms with Gasteiger partial charge in [-0.25, -0.2) is 0 Å². The Balaban J connectivity index is 2.54. The molecule has 136 valence electrons. The van der Waals surface area contributed by atoms with Gasteiger partial charge in [-0.15, -0.1) is 0 Å². The van der Waals surface area contributed by atoms with E-state index in [2.05, 4.69) is 0 Å². The fourth-order valence-electron chi connectivity index (χ4n) is 4.36. The first-order valence-corrected chi connectivity index (χ1v) is 8.32. The third-order valence-corrected chi connectivity index (χ3v) is 5.70. The Bertz CT molecular complexity index is 552.